The maximum Gasteiger partial charge on any atom is 0.205 e. The summed E-state index contributed by atoms with van der Waals surface area (Å²) in [6, 6.07) is 8.65. The van der Waals surface area contributed by atoms with E-state index in [1.165, 1.54) is 37.2 Å². The second-order valence-corrected chi connectivity index (χ2v) is 6.09. The Morgan fingerprint density at radius 2 is 2.00 bits per heavy atom. The third kappa shape index (κ3) is 2.93. The number of para-hydroxylation sites is 1. The van der Waals surface area contributed by atoms with Crippen LogP contribution in [0.3, 0.4) is 0 Å². The standard InChI is InChI=1S/C15H20N4S/c1-2-14-17-18-15(20-14)16-11-12-7-3-4-8-13(12)19-9-5-6-10-19/h3-4,7-8H,2,5-6,9-11H2,1H3,(H,16,18). The van der Waals surface area contributed by atoms with Crippen molar-refractivity contribution in [2.24, 2.45) is 0 Å². The van der Waals surface area contributed by atoms with Gasteiger partial charge in [-0.25, -0.2) is 0 Å². The van der Waals surface area contributed by atoms with Crippen molar-refractivity contribution in [2.75, 3.05) is 23.3 Å². The fraction of sp³-hybridized carbons (Fsp3) is 0.467. The largest absolute Gasteiger partial charge is 0.371 e. The van der Waals surface area contributed by atoms with Crippen molar-refractivity contribution < 1.29 is 0 Å². The highest BCUT2D eigenvalue weighted by molar-refractivity contribution is 7.15. The summed E-state index contributed by atoms with van der Waals surface area (Å²) in [7, 11) is 0. The average molecular weight is 288 g/mol. The number of nitrogens with one attached hydrogen (secondary N) is 1. The molecule has 5 heteroatoms. The van der Waals surface area contributed by atoms with Crippen molar-refractivity contribution >= 4 is 22.2 Å². The zero-order valence-corrected chi connectivity index (χ0v) is 12.6. The van der Waals surface area contributed by atoms with E-state index in [1.807, 2.05) is 0 Å². The van der Waals surface area contributed by atoms with Gasteiger partial charge in [0.15, 0.2) is 0 Å². The Kier molecular flexibility index (Phi) is 4.16. The molecular formula is C15H20N4S. The van der Waals surface area contributed by atoms with Gasteiger partial charge in [0.2, 0.25) is 5.13 Å². The van der Waals surface area contributed by atoms with Gasteiger partial charge in [-0.1, -0.05) is 36.5 Å². The second-order valence-electron chi connectivity index (χ2n) is 5.03. The Bertz CT molecular complexity index is 561. The van der Waals surface area contributed by atoms with E-state index in [-0.39, 0.29) is 0 Å². The van der Waals surface area contributed by atoms with E-state index in [9.17, 15) is 0 Å². The zero-order valence-electron chi connectivity index (χ0n) is 11.8. The molecule has 0 aliphatic carbocycles. The Morgan fingerprint density at radius 3 is 2.75 bits per heavy atom. The van der Waals surface area contributed by atoms with E-state index in [1.54, 1.807) is 11.3 Å². The van der Waals surface area contributed by atoms with Crippen LogP contribution in [0.15, 0.2) is 24.3 Å². The van der Waals surface area contributed by atoms with Crippen molar-refractivity contribution in [3.05, 3.63) is 34.8 Å². The lowest BCUT2D eigenvalue weighted by atomic mass is 10.1. The van der Waals surface area contributed by atoms with Gasteiger partial charge in [-0.05, 0) is 30.9 Å². The topological polar surface area (TPSA) is 41.1 Å². The molecule has 1 aromatic carbocycles. The predicted octanol–water partition coefficient (Wildman–Crippen LogP) is 3.31. The second kappa shape index (κ2) is 6.22. The summed E-state index contributed by atoms with van der Waals surface area (Å²) < 4.78 is 0. The van der Waals surface area contributed by atoms with Crippen LogP contribution in [0.25, 0.3) is 0 Å². The number of hydrogen-bond acceptors (Lipinski definition) is 5. The molecule has 0 bridgehead atoms. The van der Waals surface area contributed by atoms with Gasteiger partial charge in [-0.15, -0.1) is 10.2 Å². The summed E-state index contributed by atoms with van der Waals surface area (Å²) in [6.07, 6.45) is 3.56. The molecule has 0 amide bonds. The van der Waals surface area contributed by atoms with E-state index in [2.05, 4.69) is 51.6 Å². The smallest absolute Gasteiger partial charge is 0.205 e. The van der Waals surface area contributed by atoms with Gasteiger partial charge >= 0.3 is 0 Å². The van der Waals surface area contributed by atoms with Gasteiger partial charge in [0.05, 0.1) is 0 Å². The lowest BCUT2D eigenvalue weighted by molar-refractivity contribution is 0.944. The van der Waals surface area contributed by atoms with Gasteiger partial charge < -0.3 is 10.2 Å². The number of aryl methyl sites for hydroxylation is 1. The molecular weight excluding hydrogens is 268 g/mol. The minimum atomic E-state index is 0.811. The van der Waals surface area contributed by atoms with Gasteiger partial charge in [0.25, 0.3) is 0 Å². The van der Waals surface area contributed by atoms with Crippen molar-refractivity contribution in [2.45, 2.75) is 32.7 Å². The number of nitrogens with zero attached hydrogens (tertiary/aromatic N) is 3. The third-order valence-corrected chi connectivity index (χ3v) is 4.66. The van der Waals surface area contributed by atoms with Crippen LogP contribution in [0.5, 0.6) is 0 Å². The normalized spacial score (nSPS) is 14.8. The molecule has 0 saturated carbocycles. The van der Waals surface area contributed by atoms with Crippen LogP contribution in [0.2, 0.25) is 0 Å². The van der Waals surface area contributed by atoms with Crippen LogP contribution >= 0.6 is 11.3 Å². The molecule has 1 aliphatic heterocycles. The molecule has 20 heavy (non-hydrogen) atoms. The molecule has 106 valence electrons. The monoisotopic (exact) mass is 288 g/mol. The Hall–Kier alpha value is -1.62. The Labute approximate surface area is 123 Å². The lowest BCUT2D eigenvalue weighted by Crippen LogP contribution is -2.19. The minimum absolute atomic E-state index is 0.811. The van der Waals surface area contributed by atoms with Crippen LogP contribution < -0.4 is 10.2 Å². The highest BCUT2D eigenvalue weighted by Gasteiger charge is 2.15. The molecule has 4 nitrogen and oxygen atoms in total. The number of aromatic nitrogens is 2. The molecule has 0 spiro atoms. The van der Waals surface area contributed by atoms with Gasteiger partial charge in [-0.2, -0.15) is 0 Å². The van der Waals surface area contributed by atoms with Crippen molar-refractivity contribution in [1.29, 1.82) is 0 Å². The van der Waals surface area contributed by atoms with Gasteiger partial charge in [-0.3, -0.25) is 0 Å². The van der Waals surface area contributed by atoms with Crippen molar-refractivity contribution in [3.8, 4) is 0 Å². The molecule has 1 aromatic heterocycles. The summed E-state index contributed by atoms with van der Waals surface area (Å²) in [5.41, 5.74) is 2.69. The Balaban J connectivity index is 1.70. The Morgan fingerprint density at radius 1 is 1.20 bits per heavy atom. The maximum absolute atomic E-state index is 4.17. The van der Waals surface area contributed by atoms with Crippen LogP contribution in [-0.2, 0) is 13.0 Å². The molecule has 0 radical (unpaired) electrons. The van der Waals surface area contributed by atoms with Crippen molar-refractivity contribution in [1.82, 2.24) is 10.2 Å². The molecule has 2 heterocycles. The van der Waals surface area contributed by atoms with E-state index in [0.29, 0.717) is 0 Å². The van der Waals surface area contributed by atoms with E-state index >= 15 is 0 Å². The first-order chi connectivity index (χ1) is 9.86. The summed E-state index contributed by atoms with van der Waals surface area (Å²) in [4.78, 5) is 2.48. The van der Waals surface area contributed by atoms with E-state index in [0.717, 1.165) is 23.1 Å². The molecule has 0 atom stereocenters. The number of hydrogen-bond donors (Lipinski definition) is 1. The fourth-order valence-corrected chi connectivity index (χ4v) is 3.24. The summed E-state index contributed by atoms with van der Waals surface area (Å²) in [5, 5.41) is 13.7. The first-order valence-corrected chi connectivity index (χ1v) is 8.07. The zero-order chi connectivity index (χ0) is 13.8. The molecule has 1 fully saturated rings. The molecule has 2 aromatic rings. The number of rotatable bonds is 5. The molecule has 0 unspecified atom stereocenters. The highest BCUT2D eigenvalue weighted by atomic mass is 32.1. The summed E-state index contributed by atoms with van der Waals surface area (Å²) in [6.45, 7) is 5.27. The first kappa shape index (κ1) is 13.4. The highest BCUT2D eigenvalue weighted by Crippen LogP contribution is 2.25. The molecule has 1 saturated heterocycles. The summed E-state index contributed by atoms with van der Waals surface area (Å²) >= 11 is 1.64. The predicted molar refractivity (Wildman–Crippen MR) is 84.5 cm³/mol. The maximum atomic E-state index is 4.17. The average Bonchev–Trinajstić information content (AvgIpc) is 3.17. The van der Waals surface area contributed by atoms with Crippen molar-refractivity contribution in [3.63, 3.8) is 0 Å². The molecule has 1 aliphatic rings. The SMILES string of the molecule is CCc1nnc(NCc2ccccc2N2CCCC2)s1. The van der Waals surface area contributed by atoms with Crippen LogP contribution in [0, 0.1) is 0 Å². The van der Waals surface area contributed by atoms with Crippen LogP contribution in [-0.4, -0.2) is 23.3 Å². The van der Waals surface area contributed by atoms with Gasteiger partial charge in [0, 0.05) is 25.3 Å². The minimum Gasteiger partial charge on any atom is -0.371 e. The molecule has 1 N–H and O–H groups in total. The van der Waals surface area contributed by atoms with Crippen LogP contribution in [0.4, 0.5) is 10.8 Å². The summed E-state index contributed by atoms with van der Waals surface area (Å²) in [5.74, 6) is 0. The third-order valence-electron chi connectivity index (χ3n) is 3.64. The van der Waals surface area contributed by atoms with E-state index < -0.39 is 0 Å². The fourth-order valence-electron chi connectivity index (χ4n) is 2.57. The lowest BCUT2D eigenvalue weighted by Gasteiger charge is -2.21. The number of benzene rings is 1. The van der Waals surface area contributed by atoms with Crippen LogP contribution in [0.1, 0.15) is 30.3 Å². The van der Waals surface area contributed by atoms with Gasteiger partial charge in [0.1, 0.15) is 5.01 Å². The molecule has 3 rings (SSSR count). The van der Waals surface area contributed by atoms with E-state index in [4.69, 9.17) is 0 Å². The first-order valence-electron chi connectivity index (χ1n) is 7.26. The quantitative estimate of drug-likeness (QED) is 0.916. The number of anilines is 2.